The van der Waals surface area contributed by atoms with Crippen LogP contribution in [0.25, 0.3) is 0 Å². The molecule has 0 aliphatic carbocycles. The number of nitrogens with zero attached hydrogens (tertiary/aromatic N) is 2. The summed E-state index contributed by atoms with van der Waals surface area (Å²) in [6.45, 7) is 14.3. The average Bonchev–Trinajstić information content (AvgIpc) is 2.65. The van der Waals surface area contributed by atoms with Crippen LogP contribution >= 0.6 is 0 Å². The van der Waals surface area contributed by atoms with Crippen molar-refractivity contribution in [2.45, 2.75) is 59.7 Å². The van der Waals surface area contributed by atoms with Crippen LogP contribution in [0, 0.1) is 0 Å². The van der Waals surface area contributed by atoms with Crippen LogP contribution in [0.5, 0.6) is 0 Å². The van der Waals surface area contributed by atoms with E-state index in [2.05, 4.69) is 61.4 Å². The molecule has 0 fully saturated rings. The van der Waals surface area contributed by atoms with Crippen LogP contribution in [0.15, 0.2) is 29.3 Å². The lowest BCUT2D eigenvalue weighted by Gasteiger charge is -2.21. The van der Waals surface area contributed by atoms with Crippen LogP contribution < -0.4 is 10.6 Å². The highest BCUT2D eigenvalue weighted by atomic mass is 16.5. The van der Waals surface area contributed by atoms with E-state index in [1.165, 1.54) is 17.5 Å². The molecule has 5 nitrogen and oxygen atoms in total. The van der Waals surface area contributed by atoms with Crippen molar-refractivity contribution in [3.8, 4) is 0 Å². The van der Waals surface area contributed by atoms with Crippen molar-refractivity contribution < 1.29 is 4.74 Å². The lowest BCUT2D eigenvalue weighted by Crippen LogP contribution is -2.42. The fourth-order valence-corrected chi connectivity index (χ4v) is 2.96. The zero-order chi connectivity index (χ0) is 19.2. The van der Waals surface area contributed by atoms with Crippen LogP contribution in [-0.2, 0) is 17.9 Å². The molecule has 5 heteroatoms. The zero-order valence-electron chi connectivity index (χ0n) is 17.3. The van der Waals surface area contributed by atoms with E-state index in [1.54, 1.807) is 7.11 Å². The summed E-state index contributed by atoms with van der Waals surface area (Å²) in [4.78, 5) is 7.24. The van der Waals surface area contributed by atoms with Gasteiger partial charge in [-0.3, -0.25) is 0 Å². The Labute approximate surface area is 160 Å². The smallest absolute Gasteiger partial charge is 0.191 e. The van der Waals surface area contributed by atoms with Crippen LogP contribution in [0.3, 0.4) is 0 Å². The molecule has 0 aliphatic heterocycles. The van der Waals surface area contributed by atoms with Crippen molar-refractivity contribution in [1.82, 2.24) is 15.5 Å². The summed E-state index contributed by atoms with van der Waals surface area (Å²) >= 11 is 0. The number of benzene rings is 1. The van der Waals surface area contributed by atoms with Crippen LogP contribution in [0.2, 0.25) is 0 Å². The van der Waals surface area contributed by atoms with E-state index in [4.69, 9.17) is 9.73 Å². The minimum Gasteiger partial charge on any atom is -0.380 e. The maximum absolute atomic E-state index is 5.29. The Balaban J connectivity index is 2.57. The summed E-state index contributed by atoms with van der Waals surface area (Å²) in [6.07, 6.45) is 2.34. The zero-order valence-corrected chi connectivity index (χ0v) is 17.3. The van der Waals surface area contributed by atoms with Crippen molar-refractivity contribution in [3.05, 3.63) is 35.4 Å². The lowest BCUT2D eigenvalue weighted by molar-refractivity contribution is 0.184. The van der Waals surface area contributed by atoms with Gasteiger partial charge in [0.1, 0.15) is 0 Å². The minimum absolute atomic E-state index is 0.401. The van der Waals surface area contributed by atoms with Gasteiger partial charge in [-0.15, -0.1) is 0 Å². The molecular formula is C21H38N4O. The van der Waals surface area contributed by atoms with Gasteiger partial charge in [-0.25, -0.2) is 4.99 Å². The molecular weight excluding hydrogens is 324 g/mol. The molecule has 1 aromatic carbocycles. The third-order valence-corrected chi connectivity index (χ3v) is 4.56. The molecule has 0 heterocycles. The fraction of sp³-hybridized carbons (Fsp3) is 0.667. The van der Waals surface area contributed by atoms with Gasteiger partial charge in [0.25, 0.3) is 0 Å². The molecule has 0 aliphatic rings. The molecule has 0 saturated carbocycles. The van der Waals surface area contributed by atoms with E-state index < -0.39 is 0 Å². The second kappa shape index (κ2) is 13.6. The fourth-order valence-electron chi connectivity index (χ4n) is 2.96. The Morgan fingerprint density at radius 3 is 2.46 bits per heavy atom. The minimum atomic E-state index is 0.401. The van der Waals surface area contributed by atoms with Gasteiger partial charge in [-0.05, 0) is 57.5 Å². The summed E-state index contributed by atoms with van der Waals surface area (Å²) in [5, 5.41) is 6.89. The Hall–Kier alpha value is -1.59. The van der Waals surface area contributed by atoms with Gasteiger partial charge in [-0.2, -0.15) is 0 Å². The molecule has 1 unspecified atom stereocenters. The SMILES string of the molecule is CCNC(=NCc1ccccc1COC)NC(C)CCCN(CC)CC. The largest absolute Gasteiger partial charge is 0.380 e. The molecule has 0 saturated heterocycles. The highest BCUT2D eigenvalue weighted by molar-refractivity contribution is 5.80. The Morgan fingerprint density at radius 1 is 1.15 bits per heavy atom. The van der Waals surface area contributed by atoms with E-state index >= 15 is 0 Å². The lowest BCUT2D eigenvalue weighted by atomic mass is 10.1. The first-order valence-corrected chi connectivity index (χ1v) is 9.97. The summed E-state index contributed by atoms with van der Waals surface area (Å²) in [7, 11) is 1.73. The highest BCUT2D eigenvalue weighted by Crippen LogP contribution is 2.11. The van der Waals surface area contributed by atoms with Gasteiger partial charge < -0.3 is 20.3 Å². The van der Waals surface area contributed by atoms with E-state index in [1.807, 2.05) is 6.07 Å². The monoisotopic (exact) mass is 362 g/mol. The van der Waals surface area contributed by atoms with E-state index in [-0.39, 0.29) is 0 Å². The number of methoxy groups -OCH3 is 1. The molecule has 1 aromatic rings. The molecule has 1 atom stereocenters. The topological polar surface area (TPSA) is 48.9 Å². The number of hydrogen-bond acceptors (Lipinski definition) is 3. The average molecular weight is 363 g/mol. The first kappa shape index (κ1) is 22.5. The first-order chi connectivity index (χ1) is 12.6. The summed E-state index contributed by atoms with van der Waals surface area (Å²) in [6, 6.07) is 8.72. The third kappa shape index (κ3) is 8.68. The van der Waals surface area contributed by atoms with Crippen molar-refractivity contribution >= 4 is 5.96 Å². The van der Waals surface area contributed by atoms with E-state index in [0.29, 0.717) is 19.2 Å². The predicted octanol–water partition coefficient (Wildman–Crippen LogP) is 3.40. The summed E-state index contributed by atoms with van der Waals surface area (Å²) in [5.74, 6) is 0.884. The van der Waals surface area contributed by atoms with Crippen molar-refractivity contribution in [3.63, 3.8) is 0 Å². The predicted molar refractivity (Wildman–Crippen MR) is 112 cm³/mol. The number of rotatable bonds is 12. The maximum atomic E-state index is 5.29. The quantitative estimate of drug-likeness (QED) is 0.442. The third-order valence-electron chi connectivity index (χ3n) is 4.56. The summed E-state index contributed by atoms with van der Waals surface area (Å²) in [5.41, 5.74) is 2.41. The van der Waals surface area contributed by atoms with Crippen LogP contribution in [-0.4, -0.2) is 50.2 Å². The molecule has 2 N–H and O–H groups in total. The standard InChI is InChI=1S/C21H38N4O/c1-6-22-21(24-18(4)12-11-15-25(7-2)8-3)23-16-19-13-9-10-14-20(19)17-26-5/h9-10,13-14,18H,6-8,11-12,15-17H2,1-5H3,(H2,22,23,24). The molecule has 1 rings (SSSR count). The van der Waals surface area contributed by atoms with Crippen LogP contribution in [0.4, 0.5) is 0 Å². The van der Waals surface area contributed by atoms with E-state index in [9.17, 15) is 0 Å². The second-order valence-electron chi connectivity index (χ2n) is 6.61. The van der Waals surface area contributed by atoms with Gasteiger partial charge in [0.2, 0.25) is 0 Å². The van der Waals surface area contributed by atoms with Gasteiger partial charge >= 0.3 is 0 Å². The number of nitrogens with one attached hydrogen (secondary N) is 2. The van der Waals surface area contributed by atoms with Gasteiger partial charge in [0.05, 0.1) is 13.2 Å². The molecule has 148 valence electrons. The van der Waals surface area contributed by atoms with Crippen molar-refractivity contribution in [1.29, 1.82) is 0 Å². The Kier molecular flexibility index (Phi) is 11.7. The number of guanidine groups is 1. The number of hydrogen-bond donors (Lipinski definition) is 2. The first-order valence-electron chi connectivity index (χ1n) is 9.97. The van der Waals surface area contributed by atoms with Crippen LogP contribution in [0.1, 0.15) is 51.7 Å². The van der Waals surface area contributed by atoms with E-state index in [0.717, 1.165) is 38.6 Å². The molecule has 0 spiro atoms. The molecule has 0 amide bonds. The van der Waals surface area contributed by atoms with Crippen molar-refractivity contribution in [2.24, 2.45) is 4.99 Å². The van der Waals surface area contributed by atoms with Gasteiger partial charge in [-0.1, -0.05) is 38.1 Å². The highest BCUT2D eigenvalue weighted by Gasteiger charge is 2.07. The van der Waals surface area contributed by atoms with Gasteiger partial charge in [0.15, 0.2) is 5.96 Å². The molecule has 0 radical (unpaired) electrons. The summed E-state index contributed by atoms with van der Waals surface area (Å²) < 4.78 is 5.29. The normalized spacial score (nSPS) is 13.1. The number of aliphatic imine (C=N–C) groups is 1. The molecule has 0 aromatic heterocycles. The molecule has 0 bridgehead atoms. The Bertz CT molecular complexity index is 514. The maximum Gasteiger partial charge on any atom is 0.191 e. The second-order valence-corrected chi connectivity index (χ2v) is 6.61. The van der Waals surface area contributed by atoms with Crippen molar-refractivity contribution in [2.75, 3.05) is 33.3 Å². The van der Waals surface area contributed by atoms with Gasteiger partial charge in [0, 0.05) is 19.7 Å². The number of ether oxygens (including phenoxy) is 1. The molecule has 26 heavy (non-hydrogen) atoms. The Morgan fingerprint density at radius 2 is 1.85 bits per heavy atom.